The number of hydrogen-bond donors (Lipinski definition) is 1. The highest BCUT2D eigenvalue weighted by Crippen LogP contribution is 2.29. The van der Waals surface area contributed by atoms with E-state index in [1.807, 2.05) is 0 Å². The lowest BCUT2D eigenvalue weighted by Crippen LogP contribution is -2.14. The zero-order valence-corrected chi connectivity index (χ0v) is 8.27. The molecule has 0 aliphatic rings. The van der Waals surface area contributed by atoms with Crippen molar-refractivity contribution in [3.05, 3.63) is 35.4 Å². The summed E-state index contributed by atoms with van der Waals surface area (Å²) in [5.74, 6) is -0.467. The second kappa shape index (κ2) is 3.82. The highest BCUT2D eigenvalue weighted by Gasteiger charge is 2.29. The second-order valence-corrected chi connectivity index (χ2v) is 4.62. The minimum absolute atomic E-state index is 0.227. The Hall–Kier alpha value is -1.08. The van der Waals surface area contributed by atoms with E-state index in [4.69, 9.17) is 5.14 Å². The molecule has 3 nitrogen and oxygen atoms in total. The summed E-state index contributed by atoms with van der Waals surface area (Å²) in [5, 5.41) is 4.74. The third kappa shape index (κ3) is 3.88. The van der Waals surface area contributed by atoms with Crippen LogP contribution >= 0.6 is 0 Å². The van der Waals surface area contributed by atoms with Gasteiger partial charge in [-0.05, 0) is 17.7 Å². The molecular weight excluding hydrogens is 231 g/mol. The van der Waals surface area contributed by atoms with Crippen LogP contribution in [0.15, 0.2) is 24.3 Å². The molecule has 1 aromatic carbocycles. The lowest BCUT2D eigenvalue weighted by Gasteiger charge is -2.06. The first-order valence-corrected chi connectivity index (χ1v) is 5.56. The van der Waals surface area contributed by atoms with Crippen LogP contribution in [0.25, 0.3) is 0 Å². The van der Waals surface area contributed by atoms with E-state index in [1.165, 1.54) is 0 Å². The molecule has 0 bridgehead atoms. The predicted molar refractivity (Wildman–Crippen MR) is 48.3 cm³/mol. The first kappa shape index (κ1) is 12.0. The van der Waals surface area contributed by atoms with Gasteiger partial charge < -0.3 is 0 Å². The van der Waals surface area contributed by atoms with E-state index in [2.05, 4.69) is 0 Å². The Kier molecular flexibility index (Phi) is 3.05. The summed E-state index contributed by atoms with van der Waals surface area (Å²) in [5.41, 5.74) is -0.592. The van der Waals surface area contributed by atoms with Crippen LogP contribution in [0.2, 0.25) is 0 Å². The number of nitrogens with two attached hydrogens (primary N) is 1. The molecule has 0 aromatic heterocycles. The minimum Gasteiger partial charge on any atom is -0.228 e. The normalized spacial score (nSPS) is 12.8. The number of alkyl halides is 3. The fraction of sp³-hybridized carbons (Fsp3) is 0.250. The van der Waals surface area contributed by atoms with Crippen LogP contribution in [0, 0.1) is 0 Å². The van der Waals surface area contributed by atoms with Crippen LogP contribution in [-0.2, 0) is 22.0 Å². The van der Waals surface area contributed by atoms with Gasteiger partial charge in [0.05, 0.1) is 11.3 Å². The Bertz CT molecular complexity index is 436. The Morgan fingerprint density at radius 1 is 1.13 bits per heavy atom. The topological polar surface area (TPSA) is 60.2 Å². The molecule has 0 saturated carbocycles. The van der Waals surface area contributed by atoms with Crippen molar-refractivity contribution in [2.24, 2.45) is 5.14 Å². The number of rotatable bonds is 2. The summed E-state index contributed by atoms with van der Waals surface area (Å²) < 4.78 is 57.6. The third-order valence-electron chi connectivity index (χ3n) is 1.65. The maximum Gasteiger partial charge on any atom is 0.416 e. The van der Waals surface area contributed by atoms with Gasteiger partial charge in [-0.2, -0.15) is 13.2 Å². The second-order valence-electron chi connectivity index (χ2n) is 3.00. The molecule has 84 valence electrons. The molecule has 0 unspecified atom stereocenters. The van der Waals surface area contributed by atoms with Crippen molar-refractivity contribution in [3.8, 4) is 0 Å². The Morgan fingerprint density at radius 2 is 1.60 bits per heavy atom. The van der Waals surface area contributed by atoms with Gasteiger partial charge in [0.1, 0.15) is 0 Å². The number of sulfonamides is 1. The van der Waals surface area contributed by atoms with Crippen LogP contribution in [-0.4, -0.2) is 8.42 Å². The van der Waals surface area contributed by atoms with Crippen molar-refractivity contribution in [1.82, 2.24) is 0 Å². The number of hydrogen-bond acceptors (Lipinski definition) is 2. The SMILES string of the molecule is NS(=O)(=O)Cc1ccc(C(F)(F)F)cc1. The van der Waals surface area contributed by atoms with Crippen LogP contribution < -0.4 is 5.14 Å². The number of halogens is 3. The Labute approximate surface area is 84.8 Å². The van der Waals surface area contributed by atoms with Crippen molar-refractivity contribution < 1.29 is 21.6 Å². The van der Waals surface area contributed by atoms with Gasteiger partial charge in [0.25, 0.3) is 0 Å². The van der Waals surface area contributed by atoms with Crippen molar-refractivity contribution in [2.75, 3.05) is 0 Å². The van der Waals surface area contributed by atoms with Crippen molar-refractivity contribution in [3.63, 3.8) is 0 Å². The zero-order chi connectivity index (χ0) is 11.7. The molecule has 2 N–H and O–H groups in total. The number of benzene rings is 1. The van der Waals surface area contributed by atoms with Crippen molar-refractivity contribution >= 4 is 10.0 Å². The first-order valence-electron chi connectivity index (χ1n) is 3.85. The molecule has 0 saturated heterocycles. The molecule has 7 heteroatoms. The van der Waals surface area contributed by atoms with E-state index in [0.29, 0.717) is 0 Å². The molecule has 1 aromatic rings. The molecule has 0 atom stereocenters. The molecule has 0 aliphatic carbocycles. The molecule has 1 rings (SSSR count). The summed E-state index contributed by atoms with van der Waals surface area (Å²) >= 11 is 0. The fourth-order valence-electron chi connectivity index (χ4n) is 1.02. The third-order valence-corrected chi connectivity index (χ3v) is 2.38. The van der Waals surface area contributed by atoms with Crippen LogP contribution in [0.4, 0.5) is 13.2 Å². The summed E-state index contributed by atoms with van der Waals surface area (Å²) in [7, 11) is -3.71. The molecule has 15 heavy (non-hydrogen) atoms. The van der Waals surface area contributed by atoms with E-state index in [-0.39, 0.29) is 5.56 Å². The van der Waals surface area contributed by atoms with Crippen molar-refractivity contribution in [1.29, 1.82) is 0 Å². The fourth-order valence-corrected chi connectivity index (χ4v) is 1.68. The van der Waals surface area contributed by atoms with Gasteiger partial charge in [-0.1, -0.05) is 12.1 Å². The Balaban J connectivity index is 2.91. The van der Waals surface area contributed by atoms with E-state index < -0.39 is 27.5 Å². The maximum atomic E-state index is 12.1. The monoisotopic (exact) mass is 239 g/mol. The molecule has 0 aliphatic heterocycles. The summed E-state index contributed by atoms with van der Waals surface area (Å²) in [6.07, 6.45) is -4.42. The Morgan fingerprint density at radius 3 is 1.93 bits per heavy atom. The highest BCUT2D eigenvalue weighted by atomic mass is 32.2. The van der Waals surface area contributed by atoms with Gasteiger partial charge in [0, 0.05) is 0 Å². The molecule has 0 spiro atoms. The van der Waals surface area contributed by atoms with Gasteiger partial charge in [-0.25, -0.2) is 13.6 Å². The summed E-state index contributed by atoms with van der Waals surface area (Å²) in [6, 6.07) is 3.82. The van der Waals surface area contributed by atoms with E-state index >= 15 is 0 Å². The lowest BCUT2D eigenvalue weighted by molar-refractivity contribution is -0.137. The summed E-state index contributed by atoms with van der Waals surface area (Å²) in [6.45, 7) is 0. The van der Waals surface area contributed by atoms with E-state index in [1.54, 1.807) is 0 Å². The minimum atomic E-state index is -4.42. The largest absolute Gasteiger partial charge is 0.416 e. The quantitative estimate of drug-likeness (QED) is 0.850. The smallest absolute Gasteiger partial charge is 0.228 e. The number of primary sulfonamides is 1. The molecule has 0 heterocycles. The van der Waals surface area contributed by atoms with Gasteiger partial charge >= 0.3 is 6.18 Å². The molecular formula is C8H8F3NO2S. The van der Waals surface area contributed by atoms with E-state index in [9.17, 15) is 21.6 Å². The average Bonchev–Trinajstić information content (AvgIpc) is 2.00. The standard InChI is InChI=1S/C8H8F3NO2S/c9-8(10,11)7-3-1-6(2-4-7)5-15(12,13)14/h1-4H,5H2,(H2,12,13,14). The maximum absolute atomic E-state index is 12.1. The van der Waals surface area contributed by atoms with Crippen molar-refractivity contribution in [2.45, 2.75) is 11.9 Å². The highest BCUT2D eigenvalue weighted by molar-refractivity contribution is 7.88. The van der Waals surface area contributed by atoms with E-state index in [0.717, 1.165) is 24.3 Å². The van der Waals surface area contributed by atoms with Gasteiger partial charge in [-0.15, -0.1) is 0 Å². The summed E-state index contributed by atoms with van der Waals surface area (Å²) in [4.78, 5) is 0. The van der Waals surface area contributed by atoms with Gasteiger partial charge in [0.15, 0.2) is 0 Å². The lowest BCUT2D eigenvalue weighted by atomic mass is 10.1. The predicted octanol–water partition coefficient (Wildman–Crippen LogP) is 1.49. The van der Waals surface area contributed by atoms with Gasteiger partial charge in [-0.3, -0.25) is 0 Å². The van der Waals surface area contributed by atoms with Crippen LogP contribution in [0.3, 0.4) is 0 Å². The van der Waals surface area contributed by atoms with Crippen LogP contribution in [0.5, 0.6) is 0 Å². The average molecular weight is 239 g/mol. The first-order chi connectivity index (χ1) is 6.68. The molecule has 0 fully saturated rings. The van der Waals surface area contributed by atoms with Crippen LogP contribution in [0.1, 0.15) is 11.1 Å². The molecule has 0 amide bonds. The van der Waals surface area contributed by atoms with Gasteiger partial charge in [0.2, 0.25) is 10.0 Å². The zero-order valence-electron chi connectivity index (χ0n) is 7.45. The molecule has 0 radical (unpaired) electrons.